The minimum Gasteiger partial charge on any atom is -0.486 e. The Morgan fingerprint density at radius 1 is 1.15 bits per heavy atom. The van der Waals surface area contributed by atoms with Gasteiger partial charge in [0.2, 0.25) is 5.78 Å². The summed E-state index contributed by atoms with van der Waals surface area (Å²) in [6.45, 7) is 10.8. The molecule has 146 valence electrons. The SMILES string of the molecule is CC(=O)OC1=CC2=CC3[C@@](C)(CC[C@@H]4C(C)(C)CCC[C@@]34C)OC2=CC1=O. The van der Waals surface area contributed by atoms with E-state index in [0.717, 1.165) is 18.4 Å². The van der Waals surface area contributed by atoms with Gasteiger partial charge in [-0.25, -0.2) is 0 Å². The van der Waals surface area contributed by atoms with Crippen LogP contribution in [0.1, 0.15) is 66.7 Å². The van der Waals surface area contributed by atoms with Crippen LogP contribution in [0, 0.1) is 22.7 Å². The van der Waals surface area contributed by atoms with Gasteiger partial charge in [-0.2, -0.15) is 0 Å². The van der Waals surface area contributed by atoms with Crippen LogP contribution >= 0.6 is 0 Å². The molecule has 0 bridgehead atoms. The van der Waals surface area contributed by atoms with Crippen molar-refractivity contribution < 1.29 is 19.1 Å². The molecule has 1 aliphatic heterocycles. The van der Waals surface area contributed by atoms with Crippen molar-refractivity contribution in [2.24, 2.45) is 22.7 Å². The Balaban J connectivity index is 1.77. The summed E-state index contributed by atoms with van der Waals surface area (Å²) in [6.07, 6.45) is 11.3. The number of carbonyl (C=O) groups is 2. The van der Waals surface area contributed by atoms with Gasteiger partial charge in [-0.15, -0.1) is 0 Å². The van der Waals surface area contributed by atoms with Crippen molar-refractivity contribution in [2.45, 2.75) is 72.3 Å². The molecular weight excluding hydrogens is 340 g/mol. The Labute approximate surface area is 161 Å². The van der Waals surface area contributed by atoms with Crippen molar-refractivity contribution in [2.75, 3.05) is 0 Å². The normalized spacial score (nSPS) is 39.6. The van der Waals surface area contributed by atoms with Crippen molar-refractivity contribution in [3.8, 4) is 0 Å². The van der Waals surface area contributed by atoms with Crippen LogP contribution in [0.4, 0.5) is 0 Å². The summed E-state index contributed by atoms with van der Waals surface area (Å²) in [7, 11) is 0. The Morgan fingerprint density at radius 2 is 1.89 bits per heavy atom. The summed E-state index contributed by atoms with van der Waals surface area (Å²) >= 11 is 0. The first-order valence-electron chi connectivity index (χ1n) is 10.1. The van der Waals surface area contributed by atoms with Gasteiger partial charge >= 0.3 is 5.97 Å². The Bertz CT molecular complexity index is 799. The van der Waals surface area contributed by atoms with Gasteiger partial charge < -0.3 is 9.47 Å². The molecule has 0 amide bonds. The maximum absolute atomic E-state index is 12.3. The second kappa shape index (κ2) is 5.83. The van der Waals surface area contributed by atoms with E-state index in [1.165, 1.54) is 32.3 Å². The number of fused-ring (bicyclic) bond motifs is 4. The van der Waals surface area contributed by atoms with Crippen molar-refractivity contribution in [1.29, 1.82) is 0 Å². The third-order valence-electron chi connectivity index (χ3n) is 7.59. The quantitative estimate of drug-likeness (QED) is 0.619. The number of esters is 1. The lowest BCUT2D eigenvalue weighted by Gasteiger charge is -2.62. The number of hydrogen-bond donors (Lipinski definition) is 0. The summed E-state index contributed by atoms with van der Waals surface area (Å²) in [5, 5.41) is 0. The molecule has 3 aliphatic carbocycles. The maximum atomic E-state index is 12.3. The van der Waals surface area contributed by atoms with E-state index in [-0.39, 0.29) is 28.5 Å². The first-order valence-corrected chi connectivity index (χ1v) is 10.1. The first kappa shape index (κ1) is 18.5. The molecule has 0 radical (unpaired) electrons. The molecule has 4 rings (SSSR count). The smallest absolute Gasteiger partial charge is 0.308 e. The topological polar surface area (TPSA) is 52.6 Å². The van der Waals surface area contributed by atoms with Gasteiger partial charge in [0, 0.05) is 24.5 Å². The molecule has 0 saturated heterocycles. The maximum Gasteiger partial charge on any atom is 0.308 e. The summed E-state index contributed by atoms with van der Waals surface area (Å²) in [5.74, 6) is 0.854. The summed E-state index contributed by atoms with van der Waals surface area (Å²) in [4.78, 5) is 23.6. The molecule has 1 heterocycles. The molecule has 4 heteroatoms. The molecule has 0 N–H and O–H groups in total. The standard InChI is InChI=1S/C23H30O4/c1-14(24)26-18-11-15-12-20-22(4)9-6-8-21(2,3)19(22)7-10-23(20,5)27-17(15)13-16(18)25/h11-13,19-20H,6-10H2,1-5H3/t19-,20?,22-,23-/m1/s1. The summed E-state index contributed by atoms with van der Waals surface area (Å²) in [5.41, 5.74) is 1.09. The van der Waals surface area contributed by atoms with E-state index in [2.05, 4.69) is 33.8 Å². The van der Waals surface area contributed by atoms with Gasteiger partial charge in [-0.3, -0.25) is 9.59 Å². The average Bonchev–Trinajstić information content (AvgIpc) is 2.53. The van der Waals surface area contributed by atoms with Crippen molar-refractivity contribution in [3.05, 3.63) is 35.3 Å². The number of hydrogen-bond acceptors (Lipinski definition) is 4. The Morgan fingerprint density at radius 3 is 2.59 bits per heavy atom. The second-order valence-electron chi connectivity index (χ2n) is 9.93. The zero-order valence-electron chi connectivity index (χ0n) is 17.1. The van der Waals surface area contributed by atoms with Crippen LogP contribution in [-0.4, -0.2) is 17.4 Å². The van der Waals surface area contributed by atoms with Gasteiger partial charge in [0.15, 0.2) is 5.76 Å². The molecule has 4 nitrogen and oxygen atoms in total. The Kier molecular flexibility index (Phi) is 4.00. The molecule has 0 aromatic rings. The molecule has 4 aliphatic rings. The van der Waals surface area contributed by atoms with E-state index in [0.29, 0.717) is 17.1 Å². The minimum absolute atomic E-state index is 0.0891. The molecule has 0 aromatic heterocycles. The lowest BCUT2D eigenvalue weighted by Crippen LogP contribution is -2.58. The molecule has 27 heavy (non-hydrogen) atoms. The van der Waals surface area contributed by atoms with Crippen LogP contribution in [-0.2, 0) is 19.1 Å². The van der Waals surface area contributed by atoms with E-state index in [4.69, 9.17) is 9.47 Å². The highest BCUT2D eigenvalue weighted by Crippen LogP contribution is 2.64. The van der Waals surface area contributed by atoms with E-state index in [1.807, 2.05) is 0 Å². The predicted molar refractivity (Wildman–Crippen MR) is 102 cm³/mol. The van der Waals surface area contributed by atoms with Crippen LogP contribution in [0.25, 0.3) is 0 Å². The highest BCUT2D eigenvalue weighted by atomic mass is 16.5. The van der Waals surface area contributed by atoms with Crippen molar-refractivity contribution >= 4 is 11.8 Å². The fourth-order valence-electron chi connectivity index (χ4n) is 6.46. The van der Waals surface area contributed by atoms with Crippen LogP contribution < -0.4 is 0 Å². The fourth-order valence-corrected chi connectivity index (χ4v) is 6.46. The molecule has 2 saturated carbocycles. The van der Waals surface area contributed by atoms with E-state index < -0.39 is 5.97 Å². The number of ketones is 1. The second-order valence-corrected chi connectivity index (χ2v) is 9.93. The predicted octanol–water partition coefficient (Wildman–Crippen LogP) is 4.86. The number of allylic oxidation sites excluding steroid dienone is 2. The van der Waals surface area contributed by atoms with Crippen LogP contribution in [0.5, 0.6) is 0 Å². The molecular formula is C23H30O4. The van der Waals surface area contributed by atoms with Crippen molar-refractivity contribution in [1.82, 2.24) is 0 Å². The third-order valence-corrected chi connectivity index (χ3v) is 7.59. The van der Waals surface area contributed by atoms with E-state index in [9.17, 15) is 9.59 Å². The summed E-state index contributed by atoms with van der Waals surface area (Å²) in [6, 6.07) is 0. The van der Waals surface area contributed by atoms with E-state index >= 15 is 0 Å². The van der Waals surface area contributed by atoms with Crippen LogP contribution in [0.3, 0.4) is 0 Å². The lowest BCUT2D eigenvalue weighted by atomic mass is 9.45. The monoisotopic (exact) mass is 370 g/mol. The molecule has 0 spiro atoms. The molecule has 0 aromatic carbocycles. The van der Waals surface area contributed by atoms with Gasteiger partial charge in [-0.05, 0) is 55.4 Å². The number of ether oxygens (including phenoxy) is 2. The number of rotatable bonds is 1. The number of carbonyl (C=O) groups excluding carboxylic acids is 2. The third kappa shape index (κ3) is 2.79. The highest BCUT2D eigenvalue weighted by molar-refractivity contribution is 6.06. The Hall–Kier alpha value is -1.84. The van der Waals surface area contributed by atoms with Gasteiger partial charge in [0.1, 0.15) is 11.4 Å². The molecule has 2 fully saturated rings. The van der Waals surface area contributed by atoms with Gasteiger partial charge in [0.25, 0.3) is 0 Å². The fraction of sp³-hybridized carbons (Fsp3) is 0.652. The van der Waals surface area contributed by atoms with Gasteiger partial charge in [-0.1, -0.05) is 33.3 Å². The van der Waals surface area contributed by atoms with E-state index in [1.54, 1.807) is 6.08 Å². The first-order chi connectivity index (χ1) is 12.6. The highest BCUT2D eigenvalue weighted by Gasteiger charge is 2.60. The van der Waals surface area contributed by atoms with Crippen LogP contribution in [0.2, 0.25) is 0 Å². The molecule has 1 unspecified atom stereocenters. The van der Waals surface area contributed by atoms with Crippen LogP contribution in [0.15, 0.2) is 35.3 Å². The van der Waals surface area contributed by atoms with Crippen molar-refractivity contribution in [3.63, 3.8) is 0 Å². The summed E-state index contributed by atoms with van der Waals surface area (Å²) < 4.78 is 11.6. The van der Waals surface area contributed by atoms with Gasteiger partial charge in [0.05, 0.1) is 0 Å². The lowest BCUT2D eigenvalue weighted by molar-refractivity contribution is -0.163. The zero-order chi connectivity index (χ0) is 19.6. The minimum atomic E-state index is -0.479. The zero-order valence-corrected chi connectivity index (χ0v) is 17.1. The average molecular weight is 370 g/mol. The molecule has 4 atom stereocenters. The largest absolute Gasteiger partial charge is 0.486 e.